The number of benzene rings is 3. The highest BCUT2D eigenvalue weighted by Gasteiger charge is 2.33. The molecule has 39 heavy (non-hydrogen) atoms. The number of amides is 2. The minimum Gasteiger partial charge on any atom is -0.352 e. The van der Waals surface area contributed by atoms with Gasteiger partial charge in [0.2, 0.25) is 11.8 Å². The topological polar surface area (TPSA) is 86.8 Å². The van der Waals surface area contributed by atoms with Crippen LogP contribution in [0.15, 0.2) is 71.6 Å². The molecule has 0 saturated carbocycles. The van der Waals surface area contributed by atoms with Crippen LogP contribution in [0.1, 0.15) is 48.6 Å². The van der Waals surface area contributed by atoms with E-state index in [9.17, 15) is 18.0 Å². The van der Waals surface area contributed by atoms with Crippen molar-refractivity contribution in [2.45, 2.75) is 72.0 Å². The van der Waals surface area contributed by atoms with Gasteiger partial charge >= 0.3 is 0 Å². The molecule has 0 heterocycles. The summed E-state index contributed by atoms with van der Waals surface area (Å²) in [6.07, 6.45) is 0. The largest absolute Gasteiger partial charge is 0.352 e. The van der Waals surface area contributed by atoms with Crippen molar-refractivity contribution < 1.29 is 18.0 Å². The number of nitrogens with one attached hydrogen (secondary N) is 1. The second kappa shape index (κ2) is 12.5. The normalized spacial score (nSPS) is 12.2. The van der Waals surface area contributed by atoms with Gasteiger partial charge in [-0.3, -0.25) is 13.9 Å². The van der Waals surface area contributed by atoms with Crippen LogP contribution in [0, 0.1) is 27.7 Å². The molecule has 0 spiro atoms. The predicted octanol–water partition coefficient (Wildman–Crippen LogP) is 5.06. The highest BCUT2D eigenvalue weighted by molar-refractivity contribution is 7.92. The minimum atomic E-state index is -4.09. The summed E-state index contributed by atoms with van der Waals surface area (Å²) in [6, 6.07) is 18.8. The molecule has 3 aromatic carbocycles. The fourth-order valence-corrected chi connectivity index (χ4v) is 5.91. The molecule has 0 aliphatic carbocycles. The molecule has 7 nitrogen and oxygen atoms in total. The third-order valence-electron chi connectivity index (χ3n) is 6.54. The van der Waals surface area contributed by atoms with Crippen LogP contribution < -0.4 is 9.62 Å². The molecule has 208 valence electrons. The molecule has 1 N–H and O–H groups in total. The summed E-state index contributed by atoms with van der Waals surface area (Å²) in [5.74, 6) is -0.774. The SMILES string of the molecule is Cc1ccc(S(=O)(=O)N(CC(=O)N(Cc2cccc(C)c2)[C@@H](C)C(=O)NC(C)C)c2ccc(C)cc2C)cc1. The van der Waals surface area contributed by atoms with Crippen LogP contribution in [0.4, 0.5) is 5.69 Å². The van der Waals surface area contributed by atoms with Gasteiger partial charge in [0.05, 0.1) is 10.6 Å². The van der Waals surface area contributed by atoms with E-state index in [-0.39, 0.29) is 23.4 Å². The second-order valence-corrected chi connectivity index (χ2v) is 12.3. The van der Waals surface area contributed by atoms with Crippen LogP contribution >= 0.6 is 0 Å². The zero-order valence-electron chi connectivity index (χ0n) is 23.9. The number of carbonyl (C=O) groups is 2. The van der Waals surface area contributed by atoms with Crippen LogP contribution in [0.5, 0.6) is 0 Å². The Morgan fingerprint density at radius 1 is 0.821 bits per heavy atom. The van der Waals surface area contributed by atoms with Gasteiger partial charge in [-0.25, -0.2) is 8.42 Å². The third kappa shape index (κ3) is 7.47. The Morgan fingerprint density at radius 2 is 1.44 bits per heavy atom. The lowest BCUT2D eigenvalue weighted by Crippen LogP contribution is -2.52. The molecule has 0 saturated heterocycles. The zero-order valence-corrected chi connectivity index (χ0v) is 24.7. The maximum absolute atomic E-state index is 14.0. The van der Waals surface area contributed by atoms with Crippen molar-refractivity contribution in [3.8, 4) is 0 Å². The summed E-state index contributed by atoms with van der Waals surface area (Å²) >= 11 is 0. The number of nitrogens with zero attached hydrogens (tertiary/aromatic N) is 2. The molecular weight excluding hydrogens is 510 g/mol. The number of rotatable bonds is 10. The monoisotopic (exact) mass is 549 g/mol. The Labute approximate surface area is 232 Å². The van der Waals surface area contributed by atoms with Gasteiger partial charge in [-0.2, -0.15) is 0 Å². The number of hydrogen-bond donors (Lipinski definition) is 1. The maximum Gasteiger partial charge on any atom is 0.264 e. The number of sulfonamides is 1. The first-order valence-electron chi connectivity index (χ1n) is 13.1. The number of aryl methyl sites for hydroxylation is 4. The molecule has 0 fully saturated rings. The van der Waals surface area contributed by atoms with E-state index in [1.807, 2.05) is 77.9 Å². The lowest BCUT2D eigenvalue weighted by atomic mass is 10.1. The van der Waals surface area contributed by atoms with Crippen molar-refractivity contribution in [1.82, 2.24) is 10.2 Å². The van der Waals surface area contributed by atoms with E-state index in [1.165, 1.54) is 4.90 Å². The summed E-state index contributed by atoms with van der Waals surface area (Å²) < 4.78 is 29.1. The van der Waals surface area contributed by atoms with Crippen molar-refractivity contribution in [2.24, 2.45) is 0 Å². The van der Waals surface area contributed by atoms with Crippen molar-refractivity contribution in [1.29, 1.82) is 0 Å². The average molecular weight is 550 g/mol. The Bertz CT molecular complexity index is 1430. The molecule has 0 radical (unpaired) electrons. The number of carbonyl (C=O) groups excluding carboxylic acids is 2. The van der Waals surface area contributed by atoms with Gasteiger partial charge in [-0.05, 0) is 77.8 Å². The lowest BCUT2D eigenvalue weighted by molar-refractivity contribution is -0.139. The number of hydrogen-bond acceptors (Lipinski definition) is 4. The summed E-state index contributed by atoms with van der Waals surface area (Å²) in [6.45, 7) is 12.7. The molecule has 0 aliphatic heterocycles. The fourth-order valence-electron chi connectivity index (χ4n) is 4.43. The van der Waals surface area contributed by atoms with E-state index in [2.05, 4.69) is 5.32 Å². The van der Waals surface area contributed by atoms with E-state index in [0.717, 1.165) is 32.1 Å². The molecule has 0 aliphatic rings. The maximum atomic E-state index is 14.0. The smallest absolute Gasteiger partial charge is 0.264 e. The summed E-state index contributed by atoms with van der Waals surface area (Å²) in [7, 11) is -4.09. The van der Waals surface area contributed by atoms with E-state index < -0.39 is 28.5 Å². The van der Waals surface area contributed by atoms with Gasteiger partial charge in [0.1, 0.15) is 12.6 Å². The summed E-state index contributed by atoms with van der Waals surface area (Å²) in [4.78, 5) is 28.6. The van der Waals surface area contributed by atoms with Gasteiger partial charge in [-0.15, -0.1) is 0 Å². The van der Waals surface area contributed by atoms with Crippen LogP contribution in [0.25, 0.3) is 0 Å². The van der Waals surface area contributed by atoms with Crippen molar-refractivity contribution in [3.05, 3.63) is 94.5 Å². The van der Waals surface area contributed by atoms with E-state index in [4.69, 9.17) is 0 Å². The van der Waals surface area contributed by atoms with E-state index >= 15 is 0 Å². The molecule has 3 rings (SSSR count). The van der Waals surface area contributed by atoms with Crippen molar-refractivity contribution >= 4 is 27.5 Å². The number of anilines is 1. The minimum absolute atomic E-state index is 0.0942. The molecular formula is C31H39N3O4S. The summed E-state index contributed by atoms with van der Waals surface area (Å²) in [5.41, 5.74) is 4.94. The average Bonchev–Trinajstić information content (AvgIpc) is 2.85. The van der Waals surface area contributed by atoms with Crippen molar-refractivity contribution in [3.63, 3.8) is 0 Å². The summed E-state index contributed by atoms with van der Waals surface area (Å²) in [5, 5.41) is 2.87. The fraction of sp³-hybridized carbons (Fsp3) is 0.355. The molecule has 1 atom stereocenters. The molecule has 3 aromatic rings. The zero-order chi connectivity index (χ0) is 28.9. The van der Waals surface area contributed by atoms with Gasteiger partial charge in [-0.1, -0.05) is 65.2 Å². The van der Waals surface area contributed by atoms with Crippen LogP contribution in [0.3, 0.4) is 0 Å². The van der Waals surface area contributed by atoms with Crippen molar-refractivity contribution in [2.75, 3.05) is 10.8 Å². The third-order valence-corrected chi connectivity index (χ3v) is 8.32. The van der Waals surface area contributed by atoms with Gasteiger partial charge in [0.25, 0.3) is 10.0 Å². The lowest BCUT2D eigenvalue weighted by Gasteiger charge is -2.33. The Morgan fingerprint density at radius 3 is 2.03 bits per heavy atom. The molecule has 0 bridgehead atoms. The molecule has 2 amide bonds. The molecule has 0 aromatic heterocycles. The first-order chi connectivity index (χ1) is 18.3. The predicted molar refractivity (Wildman–Crippen MR) is 156 cm³/mol. The standard InChI is InChI=1S/C31H39N3O4S/c1-21(2)32-31(36)26(7)33(19-27-10-8-9-23(4)18-27)30(35)20-34(29-16-13-24(5)17-25(29)6)39(37,38)28-14-11-22(3)12-15-28/h8-18,21,26H,19-20H2,1-7H3,(H,32,36)/t26-/m0/s1. The highest BCUT2D eigenvalue weighted by atomic mass is 32.2. The first-order valence-corrected chi connectivity index (χ1v) is 14.6. The quantitative estimate of drug-likeness (QED) is 0.383. The van der Waals surface area contributed by atoms with Crippen LogP contribution in [0.2, 0.25) is 0 Å². The first kappa shape index (κ1) is 29.9. The Balaban J connectivity index is 2.07. The van der Waals surface area contributed by atoms with Gasteiger partial charge in [0.15, 0.2) is 0 Å². The van der Waals surface area contributed by atoms with E-state index in [1.54, 1.807) is 37.3 Å². The Kier molecular flexibility index (Phi) is 9.56. The van der Waals surface area contributed by atoms with Crippen LogP contribution in [-0.4, -0.2) is 43.8 Å². The Hall–Kier alpha value is -3.65. The second-order valence-electron chi connectivity index (χ2n) is 10.5. The van der Waals surface area contributed by atoms with Crippen LogP contribution in [-0.2, 0) is 26.2 Å². The van der Waals surface area contributed by atoms with E-state index in [0.29, 0.717) is 5.69 Å². The highest BCUT2D eigenvalue weighted by Crippen LogP contribution is 2.28. The van der Waals surface area contributed by atoms with Gasteiger partial charge < -0.3 is 10.2 Å². The van der Waals surface area contributed by atoms with Gasteiger partial charge in [0, 0.05) is 12.6 Å². The molecule has 0 unspecified atom stereocenters. The molecule has 8 heteroatoms.